The second kappa shape index (κ2) is 5.34. The van der Waals surface area contributed by atoms with Crippen LogP contribution in [0.15, 0.2) is 24.3 Å². The Bertz CT molecular complexity index is 505. The Kier molecular flexibility index (Phi) is 3.54. The molecule has 0 unspecified atom stereocenters. The van der Waals surface area contributed by atoms with Crippen LogP contribution in [0.25, 0.3) is 0 Å². The molecule has 5 heteroatoms. The highest BCUT2D eigenvalue weighted by molar-refractivity contribution is 6.21. The minimum atomic E-state index is -0.159. The third-order valence-corrected chi connectivity index (χ3v) is 4.17. The number of carbonyl (C=O) groups is 2. The van der Waals surface area contributed by atoms with E-state index >= 15 is 0 Å². The first-order valence-electron chi connectivity index (χ1n) is 7.12. The van der Waals surface area contributed by atoms with Crippen molar-refractivity contribution in [3.8, 4) is 0 Å². The van der Waals surface area contributed by atoms with E-state index in [1.165, 1.54) is 4.90 Å². The average molecular weight is 273 g/mol. The van der Waals surface area contributed by atoms with Gasteiger partial charge >= 0.3 is 0 Å². The summed E-state index contributed by atoms with van der Waals surface area (Å²) in [6.07, 6.45) is 0. The minimum absolute atomic E-state index is 0.159. The predicted octanol–water partition coefficient (Wildman–Crippen LogP) is 0.576. The van der Waals surface area contributed by atoms with Crippen LogP contribution in [-0.2, 0) is 0 Å². The lowest BCUT2D eigenvalue weighted by Gasteiger charge is -2.38. The van der Waals surface area contributed by atoms with Crippen molar-refractivity contribution >= 4 is 11.8 Å². The molecule has 5 nitrogen and oxygen atoms in total. The monoisotopic (exact) mass is 273 g/mol. The first kappa shape index (κ1) is 13.3. The number of fused-ring (bicyclic) bond motifs is 1. The van der Waals surface area contributed by atoms with Crippen molar-refractivity contribution in [3.05, 3.63) is 35.4 Å². The van der Waals surface area contributed by atoms with Crippen LogP contribution in [0.4, 0.5) is 0 Å². The molecule has 3 rings (SSSR count). The van der Waals surface area contributed by atoms with Crippen LogP contribution >= 0.6 is 0 Å². The Morgan fingerprint density at radius 1 is 1.20 bits per heavy atom. The lowest BCUT2D eigenvalue weighted by molar-refractivity contribution is 0.0612. The van der Waals surface area contributed by atoms with Crippen molar-refractivity contribution in [1.29, 1.82) is 0 Å². The fourth-order valence-electron chi connectivity index (χ4n) is 2.80. The van der Waals surface area contributed by atoms with Crippen molar-refractivity contribution in [3.63, 3.8) is 0 Å². The van der Waals surface area contributed by atoms with Gasteiger partial charge in [-0.05, 0) is 18.7 Å². The summed E-state index contributed by atoms with van der Waals surface area (Å²) in [5, 5.41) is 3.25. The van der Waals surface area contributed by atoms with Crippen LogP contribution in [0.3, 0.4) is 0 Å². The van der Waals surface area contributed by atoms with Gasteiger partial charge in [0.1, 0.15) is 0 Å². The summed E-state index contributed by atoms with van der Waals surface area (Å²) in [6.45, 7) is 6.26. The summed E-state index contributed by atoms with van der Waals surface area (Å²) in [6, 6.07) is 7.58. The molecule has 0 atom stereocenters. The molecule has 0 aliphatic carbocycles. The van der Waals surface area contributed by atoms with Crippen LogP contribution in [0.1, 0.15) is 27.6 Å². The van der Waals surface area contributed by atoms with Crippen LogP contribution in [0, 0.1) is 0 Å². The smallest absolute Gasteiger partial charge is 0.261 e. The van der Waals surface area contributed by atoms with Gasteiger partial charge in [0.25, 0.3) is 11.8 Å². The second-order valence-corrected chi connectivity index (χ2v) is 5.25. The van der Waals surface area contributed by atoms with E-state index in [-0.39, 0.29) is 11.8 Å². The Morgan fingerprint density at radius 2 is 1.80 bits per heavy atom. The molecule has 1 N–H and O–H groups in total. The van der Waals surface area contributed by atoms with Gasteiger partial charge in [0.05, 0.1) is 11.1 Å². The molecule has 1 saturated heterocycles. The maximum Gasteiger partial charge on any atom is 0.261 e. The molecule has 0 radical (unpaired) electrons. The zero-order chi connectivity index (χ0) is 14.1. The van der Waals surface area contributed by atoms with E-state index in [1.54, 1.807) is 24.3 Å². The van der Waals surface area contributed by atoms with Crippen molar-refractivity contribution in [2.24, 2.45) is 0 Å². The summed E-state index contributed by atoms with van der Waals surface area (Å²) >= 11 is 0. The van der Waals surface area contributed by atoms with Crippen molar-refractivity contribution in [1.82, 2.24) is 15.1 Å². The topological polar surface area (TPSA) is 52.7 Å². The number of imide groups is 1. The van der Waals surface area contributed by atoms with Crippen LogP contribution < -0.4 is 5.32 Å². The molecular formula is C15H19N3O2. The van der Waals surface area contributed by atoms with Gasteiger partial charge in [-0.1, -0.05) is 19.1 Å². The van der Waals surface area contributed by atoms with Gasteiger partial charge in [-0.2, -0.15) is 0 Å². The van der Waals surface area contributed by atoms with E-state index in [9.17, 15) is 9.59 Å². The Labute approximate surface area is 118 Å². The van der Waals surface area contributed by atoms with E-state index in [0.717, 1.165) is 26.2 Å². The van der Waals surface area contributed by atoms with Crippen molar-refractivity contribution in [2.45, 2.75) is 13.0 Å². The van der Waals surface area contributed by atoms with Crippen LogP contribution in [-0.4, -0.2) is 60.4 Å². The highest BCUT2D eigenvalue weighted by Crippen LogP contribution is 2.22. The first-order valence-corrected chi connectivity index (χ1v) is 7.12. The largest absolute Gasteiger partial charge is 0.314 e. The molecular weight excluding hydrogens is 254 g/mol. The van der Waals surface area contributed by atoms with E-state index in [2.05, 4.69) is 17.1 Å². The first-order chi connectivity index (χ1) is 9.72. The summed E-state index contributed by atoms with van der Waals surface area (Å²) < 4.78 is 0. The molecule has 1 fully saturated rings. The van der Waals surface area contributed by atoms with Gasteiger partial charge in [-0.3, -0.25) is 19.4 Å². The molecule has 2 aliphatic heterocycles. The summed E-state index contributed by atoms with van der Waals surface area (Å²) in [5.74, 6) is -0.318. The van der Waals surface area contributed by atoms with E-state index < -0.39 is 0 Å². The van der Waals surface area contributed by atoms with Gasteiger partial charge in [-0.25, -0.2) is 0 Å². The number of nitrogens with zero attached hydrogens (tertiary/aromatic N) is 2. The van der Waals surface area contributed by atoms with Gasteiger partial charge in [0.15, 0.2) is 0 Å². The predicted molar refractivity (Wildman–Crippen MR) is 75.7 cm³/mol. The summed E-state index contributed by atoms with van der Waals surface area (Å²) in [7, 11) is 0. The molecule has 2 aliphatic rings. The lowest BCUT2D eigenvalue weighted by atomic mass is 10.1. The molecule has 2 amide bonds. The van der Waals surface area contributed by atoms with Gasteiger partial charge in [0, 0.05) is 32.2 Å². The third kappa shape index (κ3) is 2.13. The number of amides is 2. The number of benzene rings is 1. The fourth-order valence-corrected chi connectivity index (χ4v) is 2.80. The van der Waals surface area contributed by atoms with E-state index in [4.69, 9.17) is 0 Å². The molecule has 20 heavy (non-hydrogen) atoms. The average Bonchev–Trinajstić information content (AvgIpc) is 2.66. The molecule has 0 saturated carbocycles. The molecule has 106 valence electrons. The third-order valence-electron chi connectivity index (χ3n) is 4.17. The second-order valence-electron chi connectivity index (χ2n) is 5.25. The lowest BCUT2D eigenvalue weighted by Crippen LogP contribution is -2.58. The number of likely N-dealkylation sites (N-methyl/N-ethyl adjacent to an activating group) is 1. The zero-order valence-electron chi connectivity index (χ0n) is 11.6. The molecule has 2 heterocycles. The summed E-state index contributed by atoms with van der Waals surface area (Å²) in [4.78, 5) is 28.2. The zero-order valence-corrected chi connectivity index (χ0v) is 11.6. The number of hydrogen-bond donors (Lipinski definition) is 1. The molecule has 0 aromatic heterocycles. The maximum absolute atomic E-state index is 12.2. The fraction of sp³-hybridized carbons (Fsp3) is 0.467. The number of hydrogen-bond acceptors (Lipinski definition) is 4. The van der Waals surface area contributed by atoms with Crippen molar-refractivity contribution in [2.75, 3.05) is 32.7 Å². The highest BCUT2D eigenvalue weighted by atomic mass is 16.2. The van der Waals surface area contributed by atoms with Crippen LogP contribution in [0.5, 0.6) is 0 Å². The highest BCUT2D eigenvalue weighted by Gasteiger charge is 2.35. The van der Waals surface area contributed by atoms with Crippen molar-refractivity contribution < 1.29 is 9.59 Å². The quantitative estimate of drug-likeness (QED) is 0.797. The molecule has 1 aromatic carbocycles. The number of carbonyl (C=O) groups excluding carboxylic acids is 2. The molecule has 1 aromatic rings. The minimum Gasteiger partial charge on any atom is -0.314 e. The van der Waals surface area contributed by atoms with Gasteiger partial charge in [-0.15, -0.1) is 0 Å². The molecule has 0 bridgehead atoms. The summed E-state index contributed by atoms with van der Waals surface area (Å²) in [5.41, 5.74) is 1.07. The molecule has 0 spiro atoms. The normalized spacial score (nSPS) is 18.6. The maximum atomic E-state index is 12.2. The Balaban J connectivity index is 1.67. The van der Waals surface area contributed by atoms with Crippen LogP contribution in [0.2, 0.25) is 0 Å². The number of rotatable bonds is 5. The van der Waals surface area contributed by atoms with Gasteiger partial charge < -0.3 is 5.32 Å². The van der Waals surface area contributed by atoms with E-state index in [0.29, 0.717) is 23.7 Å². The standard InChI is InChI=1S/C15H19N3O2/c1-2-17(11-9-16-10-11)7-8-18-14(19)12-5-3-4-6-13(12)15(18)20/h3-6,11,16H,2,7-10H2,1H3. The SMILES string of the molecule is CCN(CCN1C(=O)c2ccccc2C1=O)C1CNC1. The van der Waals surface area contributed by atoms with Gasteiger partial charge in [0.2, 0.25) is 0 Å². The Morgan fingerprint density at radius 3 is 2.25 bits per heavy atom. The number of nitrogens with one attached hydrogen (secondary N) is 1. The van der Waals surface area contributed by atoms with E-state index in [1.807, 2.05) is 0 Å². The Hall–Kier alpha value is -1.72.